The molecule has 15 aromatic rings. The molecule has 2 aliphatic rings. The summed E-state index contributed by atoms with van der Waals surface area (Å²) >= 11 is 0. The van der Waals surface area contributed by atoms with Crippen LogP contribution >= 0.6 is 0 Å². The minimum atomic E-state index is 1.30. The van der Waals surface area contributed by atoms with E-state index in [1.54, 1.807) is 0 Å². The predicted octanol–water partition coefficient (Wildman–Crippen LogP) is 21.8. The van der Waals surface area contributed by atoms with Crippen LogP contribution in [0, 0.1) is 0 Å². The highest BCUT2D eigenvalue weighted by molar-refractivity contribution is 6.41. The van der Waals surface area contributed by atoms with Crippen molar-refractivity contribution < 1.29 is 0 Å². The molecule has 15 aromatic carbocycles. The highest BCUT2D eigenvalue weighted by atomic mass is 14.3. The molecule has 0 spiro atoms. The largest absolute Gasteiger partial charge is 0.0683 e. The van der Waals surface area contributed by atoms with Crippen LogP contribution in [-0.2, 0) is 0 Å². The van der Waals surface area contributed by atoms with Gasteiger partial charge in [0.1, 0.15) is 0 Å². The number of hydrogen-bond acceptors (Lipinski definition) is 0. The Bertz CT molecular complexity index is 4400. The summed E-state index contributed by atoms with van der Waals surface area (Å²) in [6.45, 7) is 12.0. The molecule has 0 fully saturated rings. The second-order valence-electron chi connectivity index (χ2n) is 18.6. The summed E-state index contributed by atoms with van der Waals surface area (Å²) in [5.41, 5.74) is 13.4. The van der Waals surface area contributed by atoms with Crippen LogP contribution in [0.3, 0.4) is 0 Å². The van der Waals surface area contributed by atoms with Crippen molar-refractivity contribution in [2.24, 2.45) is 0 Å². The van der Waals surface area contributed by atoms with E-state index in [2.05, 4.69) is 218 Å². The summed E-state index contributed by atoms with van der Waals surface area (Å²) in [5, 5.41) is 27.2. The van der Waals surface area contributed by atoms with Gasteiger partial charge in [0.05, 0.1) is 0 Å². The third kappa shape index (κ3) is 5.99. The Labute approximate surface area is 421 Å². The number of hydrogen-bond donors (Lipinski definition) is 0. The fraction of sp³-hybridized carbons (Fsp3) is 0.0833. The Kier molecular flexibility index (Phi) is 10.3. The van der Waals surface area contributed by atoms with Crippen molar-refractivity contribution in [1.82, 2.24) is 0 Å². The summed E-state index contributed by atoms with van der Waals surface area (Å²) in [7, 11) is 0. The van der Waals surface area contributed by atoms with Gasteiger partial charge < -0.3 is 0 Å². The van der Waals surface area contributed by atoms with E-state index < -0.39 is 0 Å². The molecule has 0 radical (unpaired) electrons. The van der Waals surface area contributed by atoms with Gasteiger partial charge in [0, 0.05) is 0 Å². The lowest BCUT2D eigenvalue weighted by molar-refractivity contribution is 1.50. The Morgan fingerprint density at radius 2 is 0.431 bits per heavy atom. The summed E-state index contributed by atoms with van der Waals surface area (Å²) in [6, 6.07) is 81.4. The lowest BCUT2D eigenvalue weighted by Crippen LogP contribution is -1.86. The standard InChI is InChI=1S/C36H20.C30H16.3C2H6/c1-2-8-22-20-34-32-18-16-26(29-13-6-14-30(36(29)32)33(34)19-21(22)7-1)25-15-17-31-24-10-4-3-9-23(24)27-11-5-12-28(25)35(27)31;1-3-9-19-17(7-1)21-11-5-13-23-26-16-28-20-10-4-2-8-18(20)22-12-6-14-24(30(22)28)25(26)15-27(19)29(21)23;3*1-2/h1-20H;1-16H;3*1-2H3. The molecule has 342 valence electrons. The highest BCUT2D eigenvalue weighted by Gasteiger charge is 2.26. The number of fused-ring (bicyclic) bond motifs is 16. The van der Waals surface area contributed by atoms with E-state index in [4.69, 9.17) is 0 Å². The van der Waals surface area contributed by atoms with E-state index in [-0.39, 0.29) is 0 Å². The molecule has 0 heterocycles. The summed E-state index contributed by atoms with van der Waals surface area (Å²) in [6.07, 6.45) is 0. The summed E-state index contributed by atoms with van der Waals surface area (Å²) < 4.78 is 0. The van der Waals surface area contributed by atoms with Gasteiger partial charge in [-0.05, 0) is 188 Å². The molecule has 0 N–H and O–H groups in total. The van der Waals surface area contributed by atoms with Crippen LogP contribution in [0.15, 0.2) is 218 Å². The first-order valence-electron chi connectivity index (χ1n) is 26.2. The topological polar surface area (TPSA) is 0 Å². The fourth-order valence-electron chi connectivity index (χ4n) is 12.8. The second-order valence-corrected chi connectivity index (χ2v) is 18.6. The third-order valence-electron chi connectivity index (χ3n) is 15.5. The summed E-state index contributed by atoms with van der Waals surface area (Å²) in [5.74, 6) is 0. The zero-order valence-electron chi connectivity index (χ0n) is 41.8. The SMILES string of the molecule is CC.CC.CC.c1ccc2c(c1)-c1cccc3c(-c4ccc5c6c(cccc46)-c4cc6ccccc6cc4-5)ccc-2c13.c1ccc2c(c1)c1cccc3c4cc5c6ccccc6c6cccc(c4cc2c13)c65. The van der Waals surface area contributed by atoms with Gasteiger partial charge in [-0.15, -0.1) is 0 Å². The predicted molar refractivity (Wildman–Crippen MR) is 319 cm³/mol. The average molecular weight is 919 g/mol. The van der Waals surface area contributed by atoms with E-state index >= 15 is 0 Å². The van der Waals surface area contributed by atoms with Crippen LogP contribution < -0.4 is 0 Å². The second kappa shape index (κ2) is 17.1. The lowest BCUT2D eigenvalue weighted by Gasteiger charge is -2.13. The van der Waals surface area contributed by atoms with Crippen LogP contribution in [0.1, 0.15) is 41.5 Å². The minimum absolute atomic E-state index is 1.30. The van der Waals surface area contributed by atoms with Crippen molar-refractivity contribution in [3.8, 4) is 55.6 Å². The molecule has 2 aliphatic carbocycles. The molecule has 17 rings (SSSR count). The quantitative estimate of drug-likeness (QED) is 0.144. The van der Waals surface area contributed by atoms with Gasteiger partial charge in [0.25, 0.3) is 0 Å². The van der Waals surface area contributed by atoms with E-state index in [1.807, 2.05) is 41.5 Å². The van der Waals surface area contributed by atoms with Gasteiger partial charge in [0.2, 0.25) is 0 Å². The molecule has 0 bridgehead atoms. The summed E-state index contributed by atoms with van der Waals surface area (Å²) in [4.78, 5) is 0. The molecule has 0 aromatic heterocycles. The third-order valence-corrected chi connectivity index (χ3v) is 15.5. The monoisotopic (exact) mass is 918 g/mol. The van der Waals surface area contributed by atoms with Gasteiger partial charge >= 0.3 is 0 Å². The van der Waals surface area contributed by atoms with Gasteiger partial charge in [-0.3, -0.25) is 0 Å². The normalized spacial score (nSPS) is 11.8. The van der Waals surface area contributed by atoms with E-state index in [0.29, 0.717) is 0 Å². The van der Waals surface area contributed by atoms with Gasteiger partial charge in [-0.2, -0.15) is 0 Å². The zero-order chi connectivity index (χ0) is 48.8. The van der Waals surface area contributed by atoms with E-state index in [9.17, 15) is 0 Å². The van der Waals surface area contributed by atoms with Crippen molar-refractivity contribution in [2.45, 2.75) is 41.5 Å². The molecule has 0 atom stereocenters. The van der Waals surface area contributed by atoms with Gasteiger partial charge in [-0.1, -0.05) is 236 Å². The van der Waals surface area contributed by atoms with Crippen molar-refractivity contribution >= 4 is 108 Å². The first-order valence-corrected chi connectivity index (χ1v) is 26.2. The number of rotatable bonds is 1. The molecular formula is C72H54. The van der Waals surface area contributed by atoms with Gasteiger partial charge in [0.15, 0.2) is 0 Å². The number of benzene rings is 13. The average Bonchev–Trinajstić information content (AvgIpc) is 4.18. The van der Waals surface area contributed by atoms with Crippen LogP contribution in [0.2, 0.25) is 0 Å². The fourth-order valence-corrected chi connectivity index (χ4v) is 12.8. The molecule has 0 saturated carbocycles. The Hall–Kier alpha value is -8.58. The molecule has 72 heavy (non-hydrogen) atoms. The highest BCUT2D eigenvalue weighted by Crippen LogP contribution is 2.54. The van der Waals surface area contributed by atoms with E-state index in [1.165, 1.54) is 163 Å². The molecule has 0 heteroatoms. The van der Waals surface area contributed by atoms with Crippen LogP contribution in [-0.4, -0.2) is 0 Å². The van der Waals surface area contributed by atoms with Crippen molar-refractivity contribution in [1.29, 1.82) is 0 Å². The minimum Gasteiger partial charge on any atom is -0.0683 e. The maximum atomic E-state index is 2.44. The lowest BCUT2D eigenvalue weighted by atomic mass is 9.90. The maximum absolute atomic E-state index is 2.44. The maximum Gasteiger partial charge on any atom is -0.00199 e. The Morgan fingerprint density at radius 1 is 0.153 bits per heavy atom. The Balaban J connectivity index is 0.000000129. The first-order chi connectivity index (χ1) is 35.8. The smallest absolute Gasteiger partial charge is 0.00199 e. The zero-order valence-corrected chi connectivity index (χ0v) is 41.8. The van der Waals surface area contributed by atoms with Crippen LogP contribution in [0.4, 0.5) is 0 Å². The Morgan fingerprint density at radius 3 is 0.875 bits per heavy atom. The molecule has 0 nitrogen and oxygen atoms in total. The van der Waals surface area contributed by atoms with Crippen LogP contribution in [0.5, 0.6) is 0 Å². The van der Waals surface area contributed by atoms with Gasteiger partial charge in [-0.25, -0.2) is 0 Å². The molecule has 0 unspecified atom stereocenters. The molecule has 0 amide bonds. The first kappa shape index (κ1) is 43.4. The van der Waals surface area contributed by atoms with Crippen LogP contribution in [0.25, 0.3) is 163 Å². The van der Waals surface area contributed by atoms with Crippen molar-refractivity contribution in [3.05, 3.63) is 218 Å². The van der Waals surface area contributed by atoms with Crippen molar-refractivity contribution in [3.63, 3.8) is 0 Å². The molecule has 0 aliphatic heterocycles. The molecular weight excluding hydrogens is 865 g/mol. The van der Waals surface area contributed by atoms with Crippen molar-refractivity contribution in [2.75, 3.05) is 0 Å². The van der Waals surface area contributed by atoms with E-state index in [0.717, 1.165) is 0 Å². The molecule has 0 saturated heterocycles.